The summed E-state index contributed by atoms with van der Waals surface area (Å²) in [5.74, 6) is 12.0. The average molecular weight is 1210 g/mol. The number of aliphatic imine (C=N–C) groups is 2. The highest BCUT2D eigenvalue weighted by molar-refractivity contribution is 7.96. The number of carbonyl (C=O) groups is 1. The molecule has 1 saturated heterocycles. The molecule has 26 heteroatoms. The SMILES string of the molecule is COOSN(CCCS(=O)(=O)O)c1ccc(C#Cc2cc3c([n+](CCC(C)S(=O)(=O)O)c2)N=C(/C=C/C=C2\N=C4C(=CC(C#Cc5ccc(N(CCCS(=O)(=O)O)S(C)(=O)=O)cc5)=C[N+]45CCCCC5C(=O)O)C2(C)C)C3(C)C)cc1. The van der Waals surface area contributed by atoms with Gasteiger partial charge in [-0.2, -0.15) is 30.2 Å². The Labute approximate surface area is 479 Å². The first-order valence-electron chi connectivity index (χ1n) is 25.8. The Morgan fingerprint density at radius 2 is 1.46 bits per heavy atom. The Kier molecular flexibility index (Phi) is 19.2. The van der Waals surface area contributed by atoms with Gasteiger partial charge in [-0.1, -0.05) is 29.8 Å². The smallest absolute Gasteiger partial charge is 0.363 e. The van der Waals surface area contributed by atoms with Crippen molar-refractivity contribution in [2.75, 3.05) is 53.1 Å². The van der Waals surface area contributed by atoms with Crippen LogP contribution < -0.4 is 13.2 Å². The molecule has 0 radical (unpaired) electrons. The van der Waals surface area contributed by atoms with Gasteiger partial charge in [0.2, 0.25) is 15.9 Å². The summed E-state index contributed by atoms with van der Waals surface area (Å²) in [6.45, 7) is 10.2. The highest BCUT2D eigenvalue weighted by atomic mass is 32.2. The molecule has 0 saturated carbocycles. The summed E-state index contributed by atoms with van der Waals surface area (Å²) < 4.78 is 132. The lowest BCUT2D eigenvalue weighted by Gasteiger charge is -2.44. The zero-order valence-electron chi connectivity index (χ0n) is 45.8. The first-order chi connectivity index (χ1) is 37.8. The molecule has 434 valence electrons. The van der Waals surface area contributed by atoms with Crippen molar-refractivity contribution >= 4 is 87.3 Å². The van der Waals surface area contributed by atoms with E-state index in [1.165, 1.54) is 14.0 Å². The average Bonchev–Trinajstić information content (AvgIpc) is 3.85. The number of rotatable bonds is 21. The van der Waals surface area contributed by atoms with E-state index < -0.39 is 80.0 Å². The number of amidine groups is 1. The Balaban J connectivity index is 1.18. The number of aliphatic carboxylic acids is 1. The molecule has 0 bridgehead atoms. The maximum atomic E-state index is 13.1. The van der Waals surface area contributed by atoms with Gasteiger partial charge in [-0.15, -0.1) is 4.33 Å². The van der Waals surface area contributed by atoms with Crippen LogP contribution >= 0.6 is 12.2 Å². The number of carboxylic acid groups (broad SMARTS) is 1. The number of hydrogen-bond donors (Lipinski definition) is 4. The first-order valence-corrected chi connectivity index (χ1v) is 33.0. The third kappa shape index (κ3) is 15.4. The number of aryl methyl sites for hydroxylation is 1. The van der Waals surface area contributed by atoms with Gasteiger partial charge in [-0.3, -0.25) is 22.3 Å². The molecule has 81 heavy (non-hydrogen) atoms. The predicted octanol–water partition coefficient (Wildman–Crippen LogP) is 6.88. The van der Waals surface area contributed by atoms with E-state index in [4.69, 9.17) is 23.8 Å². The fourth-order valence-corrected chi connectivity index (χ4v) is 12.9. The Bertz CT molecular complexity index is 3740. The number of benzene rings is 2. The van der Waals surface area contributed by atoms with Crippen LogP contribution in [-0.4, -0.2) is 130 Å². The third-order valence-corrected chi connectivity index (χ3v) is 19.3. The Morgan fingerprint density at radius 3 is 2.05 bits per heavy atom. The summed E-state index contributed by atoms with van der Waals surface area (Å²) in [4.78, 5) is 28.1. The molecule has 4 aliphatic heterocycles. The van der Waals surface area contributed by atoms with Gasteiger partial charge in [0.1, 0.15) is 12.4 Å². The van der Waals surface area contributed by atoms with Crippen LogP contribution in [0.2, 0.25) is 0 Å². The molecule has 21 nitrogen and oxygen atoms in total. The van der Waals surface area contributed by atoms with Crippen LogP contribution in [0.1, 0.15) is 95.4 Å². The van der Waals surface area contributed by atoms with Crippen LogP contribution in [0, 0.1) is 29.1 Å². The molecule has 1 aromatic heterocycles. The fraction of sp³-hybridized carbons (Fsp3) is 0.418. The summed E-state index contributed by atoms with van der Waals surface area (Å²) in [7, 11) is -15.2. The number of carboxylic acids is 1. The number of anilines is 2. The second-order valence-electron chi connectivity index (χ2n) is 21.1. The van der Waals surface area contributed by atoms with Gasteiger partial charge in [0.05, 0.1) is 76.7 Å². The van der Waals surface area contributed by atoms with Gasteiger partial charge in [0, 0.05) is 53.7 Å². The van der Waals surface area contributed by atoms with Crippen LogP contribution in [0.15, 0.2) is 118 Å². The molecule has 1 spiro atoms. The van der Waals surface area contributed by atoms with Crippen molar-refractivity contribution in [2.45, 2.75) is 96.4 Å². The van der Waals surface area contributed by atoms with Gasteiger partial charge in [-0.05, 0) is 138 Å². The van der Waals surface area contributed by atoms with E-state index >= 15 is 0 Å². The lowest BCUT2D eigenvalue weighted by Crippen LogP contribution is -2.62. The Morgan fingerprint density at radius 1 is 0.852 bits per heavy atom. The molecular formula is C55H66N6O15S5+2. The van der Waals surface area contributed by atoms with Crippen molar-refractivity contribution in [3.63, 3.8) is 0 Å². The number of sulfonamides is 1. The summed E-state index contributed by atoms with van der Waals surface area (Å²) in [6.07, 6.45) is 14.2. The minimum absolute atomic E-state index is 0.0344. The monoisotopic (exact) mass is 1210 g/mol. The molecule has 3 aromatic rings. The lowest BCUT2D eigenvalue weighted by molar-refractivity contribution is -0.813. The standard InChI is InChI=1S/C55H64N6O15S5/c1-39(81(72,73)74)28-31-58-37-42(18-16-40-20-24-44(25-21-40)59(77-76-75-6)29-11-33-79(66,67)68)35-46-51(58)56-49(54(46,2)3)14-10-15-50-55(4,5)47-36-43(38-61(52(47)57-50)32-9-8-13-48(61)53(62)63)19-17-41-22-26-45(27-23-41)60(78(7,64)65)30-12-34-80(69,70)71/h10,14-15,20-27,35-39,48H,8-9,11-13,28-34H2,1-7H3,(H2-2,62,63,66,67,68,69,70,71,72,73,74)/p+2. The van der Waals surface area contributed by atoms with E-state index in [-0.39, 0.29) is 49.1 Å². The number of allylic oxidation sites excluding steroid dienone is 6. The highest BCUT2D eigenvalue weighted by Crippen LogP contribution is 2.49. The van der Waals surface area contributed by atoms with Crippen LogP contribution in [0.4, 0.5) is 17.2 Å². The Hall–Kier alpha value is -6.01. The van der Waals surface area contributed by atoms with Crippen molar-refractivity contribution < 1.29 is 75.5 Å². The maximum absolute atomic E-state index is 13.1. The molecule has 3 unspecified atom stereocenters. The number of quaternary nitrogens is 1. The van der Waals surface area contributed by atoms with E-state index in [1.54, 1.807) is 59.0 Å². The van der Waals surface area contributed by atoms with E-state index in [2.05, 4.69) is 23.7 Å². The fourth-order valence-electron chi connectivity index (χ4n) is 9.99. The number of fused-ring (bicyclic) bond motifs is 3. The molecular weight excluding hydrogens is 1140 g/mol. The first kappa shape index (κ1) is 62.6. The number of aromatic nitrogens is 1. The van der Waals surface area contributed by atoms with Gasteiger partial charge < -0.3 is 5.11 Å². The summed E-state index contributed by atoms with van der Waals surface area (Å²) in [6, 6.07) is 14.6. The van der Waals surface area contributed by atoms with E-state index in [0.717, 1.165) is 46.8 Å². The molecule has 0 amide bonds. The van der Waals surface area contributed by atoms with Gasteiger partial charge in [-0.25, -0.2) is 27.2 Å². The van der Waals surface area contributed by atoms with Crippen LogP contribution in [0.3, 0.4) is 0 Å². The van der Waals surface area contributed by atoms with Crippen molar-refractivity contribution in [1.29, 1.82) is 0 Å². The van der Waals surface area contributed by atoms with Gasteiger partial charge in [0.25, 0.3) is 30.4 Å². The second kappa shape index (κ2) is 24.8. The molecule has 5 heterocycles. The number of pyridine rings is 1. The molecule has 4 aliphatic rings. The number of piperidine rings is 1. The number of nitrogens with zero attached hydrogens (tertiary/aromatic N) is 6. The topological polar surface area (TPSA) is 288 Å². The van der Waals surface area contributed by atoms with E-state index in [9.17, 15) is 52.7 Å². The quantitative estimate of drug-likeness (QED) is 0.0124. The predicted molar refractivity (Wildman–Crippen MR) is 310 cm³/mol. The van der Waals surface area contributed by atoms with E-state index in [0.29, 0.717) is 64.0 Å². The molecule has 4 N–H and O–H groups in total. The summed E-state index contributed by atoms with van der Waals surface area (Å²) >= 11 is 0.853. The van der Waals surface area contributed by atoms with Crippen molar-refractivity contribution in [2.24, 2.45) is 15.4 Å². The zero-order valence-corrected chi connectivity index (χ0v) is 49.9. The summed E-state index contributed by atoms with van der Waals surface area (Å²) in [5, 5.41) is 9.65. The van der Waals surface area contributed by atoms with Gasteiger partial charge in [0.15, 0.2) is 24.0 Å². The van der Waals surface area contributed by atoms with Crippen molar-refractivity contribution in [3.8, 4) is 23.7 Å². The van der Waals surface area contributed by atoms with Crippen LogP contribution in [0.25, 0.3) is 0 Å². The molecule has 1 fully saturated rings. The zero-order chi connectivity index (χ0) is 59.3. The molecule has 3 atom stereocenters. The van der Waals surface area contributed by atoms with Crippen LogP contribution in [-0.2, 0) is 66.4 Å². The maximum Gasteiger partial charge on any atom is 0.363 e. The minimum atomic E-state index is -4.33. The molecule has 0 aliphatic carbocycles. The molecule has 7 rings (SSSR count). The lowest BCUT2D eigenvalue weighted by atomic mass is 9.79. The third-order valence-electron chi connectivity index (χ3n) is 14.5. The number of hydrogen-bond acceptors (Lipinski definition) is 15. The summed E-state index contributed by atoms with van der Waals surface area (Å²) in [5.41, 5.74) is 4.90. The second-order valence-corrected chi connectivity index (χ2v) is 28.7. The largest absolute Gasteiger partial charge is 0.477 e. The van der Waals surface area contributed by atoms with Crippen LogP contribution in [0.5, 0.6) is 0 Å². The molecule has 2 aromatic carbocycles. The highest BCUT2D eigenvalue weighted by Gasteiger charge is 2.56. The minimum Gasteiger partial charge on any atom is -0.477 e. The normalized spacial score (nSPS) is 20.2. The van der Waals surface area contributed by atoms with Crippen molar-refractivity contribution in [1.82, 2.24) is 0 Å². The van der Waals surface area contributed by atoms with Crippen molar-refractivity contribution in [3.05, 3.63) is 130 Å². The van der Waals surface area contributed by atoms with Gasteiger partial charge >= 0.3 is 11.8 Å². The van der Waals surface area contributed by atoms with E-state index in [1.807, 2.05) is 68.8 Å².